The first-order valence-corrected chi connectivity index (χ1v) is 6.63. The fourth-order valence-corrected chi connectivity index (χ4v) is 2.52. The maximum atomic E-state index is 12.2. The Hall–Kier alpha value is -0.570. The Morgan fingerprint density at radius 3 is 2.50 bits per heavy atom. The highest BCUT2D eigenvalue weighted by molar-refractivity contribution is 5.82. The van der Waals surface area contributed by atoms with Gasteiger partial charge in [0.15, 0.2) is 0 Å². The van der Waals surface area contributed by atoms with Crippen molar-refractivity contribution in [2.45, 2.75) is 64.8 Å². The van der Waals surface area contributed by atoms with Crippen LogP contribution < -0.4 is 11.1 Å². The summed E-state index contributed by atoms with van der Waals surface area (Å²) >= 11 is 0. The van der Waals surface area contributed by atoms with Crippen LogP contribution in [0.1, 0.15) is 58.8 Å². The molecule has 0 aromatic carbocycles. The van der Waals surface area contributed by atoms with E-state index in [-0.39, 0.29) is 17.4 Å². The third-order valence-corrected chi connectivity index (χ3v) is 3.76. The molecule has 1 saturated carbocycles. The molecule has 0 radical (unpaired) electrons. The Bertz CT molecular complexity index is 222. The summed E-state index contributed by atoms with van der Waals surface area (Å²) in [5, 5.41) is 3.11. The lowest BCUT2D eigenvalue weighted by atomic mass is 9.75. The van der Waals surface area contributed by atoms with Crippen LogP contribution in [0.25, 0.3) is 0 Å². The lowest BCUT2D eigenvalue weighted by Gasteiger charge is -2.33. The zero-order chi connectivity index (χ0) is 12.0. The van der Waals surface area contributed by atoms with Crippen molar-refractivity contribution < 1.29 is 4.79 Å². The van der Waals surface area contributed by atoms with Crippen molar-refractivity contribution >= 4 is 5.91 Å². The van der Waals surface area contributed by atoms with Crippen LogP contribution in [0.15, 0.2) is 0 Å². The summed E-state index contributed by atoms with van der Waals surface area (Å²) in [6.07, 6.45) is 7.76. The molecule has 1 fully saturated rings. The molecule has 1 amide bonds. The average Bonchev–Trinajstić information content (AvgIpc) is 2.29. The molecule has 0 spiro atoms. The Labute approximate surface area is 99.2 Å². The van der Waals surface area contributed by atoms with E-state index < -0.39 is 0 Å². The lowest BCUT2D eigenvalue weighted by Crippen LogP contribution is -2.47. The van der Waals surface area contributed by atoms with Gasteiger partial charge in [0, 0.05) is 18.0 Å². The van der Waals surface area contributed by atoms with Crippen LogP contribution in [0.2, 0.25) is 0 Å². The highest BCUT2D eigenvalue weighted by Gasteiger charge is 2.35. The largest absolute Gasteiger partial charge is 0.352 e. The molecule has 94 valence electrons. The summed E-state index contributed by atoms with van der Waals surface area (Å²) in [6, 6.07) is 0.163. The number of nitrogens with one attached hydrogen (secondary N) is 1. The van der Waals surface area contributed by atoms with Gasteiger partial charge >= 0.3 is 0 Å². The van der Waals surface area contributed by atoms with E-state index in [9.17, 15) is 4.79 Å². The fraction of sp³-hybridized carbons (Fsp3) is 0.923. The molecule has 16 heavy (non-hydrogen) atoms. The number of hydrogen-bond acceptors (Lipinski definition) is 2. The zero-order valence-electron chi connectivity index (χ0n) is 10.7. The van der Waals surface area contributed by atoms with E-state index in [1.54, 1.807) is 0 Å². The van der Waals surface area contributed by atoms with Crippen molar-refractivity contribution in [2.75, 3.05) is 6.54 Å². The van der Waals surface area contributed by atoms with Crippen molar-refractivity contribution in [2.24, 2.45) is 11.1 Å². The molecular formula is C13H26N2O. The number of nitrogens with two attached hydrogens (primary N) is 1. The van der Waals surface area contributed by atoms with Gasteiger partial charge in [0.25, 0.3) is 0 Å². The topological polar surface area (TPSA) is 55.1 Å². The summed E-state index contributed by atoms with van der Waals surface area (Å²) in [6.45, 7) is 4.77. The van der Waals surface area contributed by atoms with Crippen LogP contribution in [0, 0.1) is 5.41 Å². The second-order valence-corrected chi connectivity index (χ2v) is 5.32. The van der Waals surface area contributed by atoms with E-state index in [1.165, 1.54) is 19.3 Å². The first-order chi connectivity index (χ1) is 7.62. The van der Waals surface area contributed by atoms with E-state index in [1.807, 2.05) is 0 Å². The fourth-order valence-electron chi connectivity index (χ4n) is 2.52. The van der Waals surface area contributed by atoms with E-state index in [0.29, 0.717) is 6.54 Å². The van der Waals surface area contributed by atoms with Crippen molar-refractivity contribution in [3.63, 3.8) is 0 Å². The molecule has 3 nitrogen and oxygen atoms in total. The molecule has 0 aromatic heterocycles. The SMILES string of the molecule is CCCC(CN)NC(=O)C1(C)CCCCC1. The highest BCUT2D eigenvalue weighted by atomic mass is 16.2. The van der Waals surface area contributed by atoms with Gasteiger partial charge in [-0.3, -0.25) is 4.79 Å². The second-order valence-electron chi connectivity index (χ2n) is 5.32. The minimum absolute atomic E-state index is 0.139. The molecule has 0 aliphatic heterocycles. The Balaban J connectivity index is 2.48. The van der Waals surface area contributed by atoms with Gasteiger partial charge in [-0.25, -0.2) is 0 Å². The molecule has 1 aliphatic carbocycles. The lowest BCUT2D eigenvalue weighted by molar-refractivity contribution is -0.132. The molecule has 3 N–H and O–H groups in total. The predicted molar refractivity (Wildman–Crippen MR) is 67.1 cm³/mol. The first kappa shape index (κ1) is 13.5. The highest BCUT2D eigenvalue weighted by Crippen LogP contribution is 2.35. The van der Waals surface area contributed by atoms with E-state index >= 15 is 0 Å². The normalized spacial score (nSPS) is 21.4. The van der Waals surface area contributed by atoms with E-state index in [4.69, 9.17) is 5.73 Å². The number of carbonyl (C=O) groups excluding carboxylic acids is 1. The summed E-state index contributed by atoms with van der Waals surface area (Å²) in [5.74, 6) is 0.219. The third kappa shape index (κ3) is 3.48. The van der Waals surface area contributed by atoms with Crippen LogP contribution in [-0.2, 0) is 4.79 Å². The van der Waals surface area contributed by atoms with Gasteiger partial charge in [-0.2, -0.15) is 0 Å². The Morgan fingerprint density at radius 2 is 2.00 bits per heavy atom. The Morgan fingerprint density at radius 1 is 1.38 bits per heavy atom. The van der Waals surface area contributed by atoms with Gasteiger partial charge in [0.1, 0.15) is 0 Å². The molecule has 0 heterocycles. The van der Waals surface area contributed by atoms with Gasteiger partial charge in [0.2, 0.25) is 5.91 Å². The molecule has 0 aromatic rings. The molecule has 1 rings (SSSR count). The summed E-state index contributed by atoms with van der Waals surface area (Å²) in [5.41, 5.74) is 5.53. The van der Waals surface area contributed by atoms with E-state index in [0.717, 1.165) is 25.7 Å². The third-order valence-electron chi connectivity index (χ3n) is 3.76. The van der Waals surface area contributed by atoms with Crippen LogP contribution in [-0.4, -0.2) is 18.5 Å². The maximum absolute atomic E-state index is 12.2. The zero-order valence-corrected chi connectivity index (χ0v) is 10.7. The maximum Gasteiger partial charge on any atom is 0.226 e. The van der Waals surface area contributed by atoms with Crippen LogP contribution in [0.5, 0.6) is 0 Å². The van der Waals surface area contributed by atoms with Gasteiger partial charge in [0.05, 0.1) is 0 Å². The van der Waals surface area contributed by atoms with Gasteiger partial charge in [-0.05, 0) is 19.3 Å². The molecule has 1 aliphatic rings. The molecule has 1 unspecified atom stereocenters. The van der Waals surface area contributed by atoms with Crippen LogP contribution >= 0.6 is 0 Å². The first-order valence-electron chi connectivity index (χ1n) is 6.63. The van der Waals surface area contributed by atoms with Crippen molar-refractivity contribution in [3.8, 4) is 0 Å². The van der Waals surface area contributed by atoms with E-state index in [2.05, 4.69) is 19.2 Å². The average molecular weight is 226 g/mol. The van der Waals surface area contributed by atoms with Crippen molar-refractivity contribution in [1.29, 1.82) is 0 Å². The minimum atomic E-state index is -0.139. The monoisotopic (exact) mass is 226 g/mol. The second kappa shape index (κ2) is 6.24. The molecule has 0 saturated heterocycles. The molecule has 0 bridgehead atoms. The summed E-state index contributed by atoms with van der Waals surface area (Å²) in [7, 11) is 0. The smallest absolute Gasteiger partial charge is 0.226 e. The van der Waals surface area contributed by atoms with Gasteiger partial charge < -0.3 is 11.1 Å². The van der Waals surface area contributed by atoms with Gasteiger partial charge in [-0.15, -0.1) is 0 Å². The number of carbonyl (C=O) groups is 1. The standard InChI is InChI=1S/C13H26N2O/c1-3-7-11(10-14)15-12(16)13(2)8-5-4-6-9-13/h11H,3-10,14H2,1-2H3,(H,15,16). The predicted octanol–water partition coefficient (Wildman–Crippen LogP) is 2.20. The van der Waals surface area contributed by atoms with Crippen LogP contribution in [0.4, 0.5) is 0 Å². The quantitative estimate of drug-likeness (QED) is 0.755. The minimum Gasteiger partial charge on any atom is -0.352 e. The summed E-state index contributed by atoms with van der Waals surface area (Å²) in [4.78, 5) is 12.2. The van der Waals surface area contributed by atoms with Gasteiger partial charge in [-0.1, -0.05) is 39.5 Å². The number of amides is 1. The molecule has 1 atom stereocenters. The number of hydrogen-bond donors (Lipinski definition) is 2. The summed E-state index contributed by atoms with van der Waals surface area (Å²) < 4.78 is 0. The molecular weight excluding hydrogens is 200 g/mol. The Kier molecular flexibility index (Phi) is 5.26. The van der Waals surface area contributed by atoms with Crippen molar-refractivity contribution in [3.05, 3.63) is 0 Å². The van der Waals surface area contributed by atoms with Crippen LogP contribution in [0.3, 0.4) is 0 Å². The van der Waals surface area contributed by atoms with Crippen molar-refractivity contribution in [1.82, 2.24) is 5.32 Å². The number of rotatable bonds is 5. The molecule has 3 heteroatoms.